The third-order valence-corrected chi connectivity index (χ3v) is 3.70. The van der Waals surface area contributed by atoms with Crippen LogP contribution in [0.25, 0.3) is 0 Å². The van der Waals surface area contributed by atoms with Crippen LogP contribution < -0.4 is 0 Å². The second-order valence-corrected chi connectivity index (χ2v) is 5.45. The number of ether oxygens (including phenoxy) is 1. The summed E-state index contributed by atoms with van der Waals surface area (Å²) < 4.78 is 17.3. The lowest BCUT2D eigenvalue weighted by Crippen LogP contribution is -2.23. The minimum atomic E-state index is -0.204. The second-order valence-electron chi connectivity index (χ2n) is 4.29. The van der Waals surface area contributed by atoms with E-state index >= 15 is 0 Å². The van der Waals surface area contributed by atoms with E-state index in [0.717, 1.165) is 30.2 Å². The average molecular weight is 285 g/mol. The van der Waals surface area contributed by atoms with Crippen LogP contribution in [0.15, 0.2) is 29.2 Å². The fraction of sp³-hybridized carbons (Fsp3) is 0.500. The third-order valence-electron chi connectivity index (χ3n) is 2.70. The number of thioether (sulfide) groups is 1. The highest BCUT2D eigenvalue weighted by molar-refractivity contribution is 7.99. The SMILES string of the molecule is COC(=O)CCCN(C)CCSc1ccc(F)cc1. The zero-order valence-corrected chi connectivity index (χ0v) is 12.2. The summed E-state index contributed by atoms with van der Waals surface area (Å²) in [7, 11) is 3.44. The molecule has 106 valence electrons. The molecule has 0 fully saturated rings. The van der Waals surface area contributed by atoms with Gasteiger partial charge in [0, 0.05) is 23.6 Å². The van der Waals surface area contributed by atoms with E-state index < -0.39 is 0 Å². The maximum Gasteiger partial charge on any atom is 0.305 e. The van der Waals surface area contributed by atoms with E-state index in [0.29, 0.717) is 6.42 Å². The van der Waals surface area contributed by atoms with Gasteiger partial charge in [-0.2, -0.15) is 0 Å². The highest BCUT2D eigenvalue weighted by atomic mass is 32.2. The summed E-state index contributed by atoms with van der Waals surface area (Å²) in [6, 6.07) is 6.53. The lowest BCUT2D eigenvalue weighted by atomic mass is 10.3. The Morgan fingerprint density at radius 3 is 2.63 bits per heavy atom. The quantitative estimate of drug-likeness (QED) is 0.542. The molecule has 1 aromatic rings. The molecule has 0 bridgehead atoms. The maximum absolute atomic E-state index is 12.7. The van der Waals surface area contributed by atoms with Crippen molar-refractivity contribution in [2.45, 2.75) is 17.7 Å². The first kappa shape index (κ1) is 16.0. The largest absolute Gasteiger partial charge is 0.469 e. The highest BCUT2D eigenvalue weighted by Crippen LogP contribution is 2.17. The summed E-state index contributed by atoms with van der Waals surface area (Å²) in [5.74, 6) is 0.582. The van der Waals surface area contributed by atoms with E-state index in [-0.39, 0.29) is 11.8 Å². The van der Waals surface area contributed by atoms with Gasteiger partial charge in [0.15, 0.2) is 0 Å². The number of hydrogen-bond acceptors (Lipinski definition) is 4. The van der Waals surface area contributed by atoms with Crippen molar-refractivity contribution in [3.8, 4) is 0 Å². The number of esters is 1. The van der Waals surface area contributed by atoms with E-state index in [2.05, 4.69) is 9.64 Å². The van der Waals surface area contributed by atoms with Crippen LogP contribution in [-0.2, 0) is 9.53 Å². The number of rotatable bonds is 8. The van der Waals surface area contributed by atoms with Crippen molar-refractivity contribution in [1.82, 2.24) is 4.90 Å². The maximum atomic E-state index is 12.7. The minimum Gasteiger partial charge on any atom is -0.469 e. The molecule has 1 rings (SSSR count). The molecule has 0 aromatic heterocycles. The number of methoxy groups -OCH3 is 1. The topological polar surface area (TPSA) is 29.5 Å². The molecule has 0 radical (unpaired) electrons. The van der Waals surface area contributed by atoms with Gasteiger partial charge in [-0.15, -0.1) is 11.8 Å². The molecule has 0 spiro atoms. The summed E-state index contributed by atoms with van der Waals surface area (Å²) in [6.45, 7) is 1.81. The molecular formula is C14H20FNO2S. The Kier molecular flexibility index (Phi) is 7.52. The van der Waals surface area contributed by atoms with Crippen molar-refractivity contribution in [2.24, 2.45) is 0 Å². The van der Waals surface area contributed by atoms with Crippen molar-refractivity contribution >= 4 is 17.7 Å². The predicted molar refractivity (Wildman–Crippen MR) is 75.9 cm³/mol. The van der Waals surface area contributed by atoms with Crippen LogP contribution in [0.3, 0.4) is 0 Å². The summed E-state index contributed by atoms with van der Waals surface area (Å²) in [4.78, 5) is 14.2. The monoisotopic (exact) mass is 285 g/mol. The standard InChI is InChI=1S/C14H20FNO2S/c1-16(9-3-4-14(17)18-2)10-11-19-13-7-5-12(15)6-8-13/h5-8H,3-4,9-11H2,1-2H3. The van der Waals surface area contributed by atoms with Gasteiger partial charge >= 0.3 is 5.97 Å². The van der Waals surface area contributed by atoms with Crippen LogP contribution in [-0.4, -0.2) is 43.9 Å². The molecule has 0 aliphatic rings. The van der Waals surface area contributed by atoms with E-state index in [1.54, 1.807) is 23.9 Å². The summed E-state index contributed by atoms with van der Waals surface area (Å²) in [5, 5.41) is 0. The number of nitrogens with zero attached hydrogens (tertiary/aromatic N) is 1. The molecule has 1 aromatic carbocycles. The Balaban J connectivity index is 2.11. The molecule has 0 saturated heterocycles. The van der Waals surface area contributed by atoms with Crippen LogP contribution in [0.2, 0.25) is 0 Å². The van der Waals surface area contributed by atoms with Crippen molar-refractivity contribution in [3.05, 3.63) is 30.1 Å². The zero-order chi connectivity index (χ0) is 14.1. The first-order valence-electron chi connectivity index (χ1n) is 6.25. The van der Waals surface area contributed by atoms with Gasteiger partial charge < -0.3 is 9.64 Å². The molecule has 0 saturated carbocycles. The predicted octanol–water partition coefficient (Wildman–Crippen LogP) is 2.80. The van der Waals surface area contributed by atoms with Crippen LogP contribution in [0.1, 0.15) is 12.8 Å². The highest BCUT2D eigenvalue weighted by Gasteiger charge is 2.03. The number of carbonyl (C=O) groups is 1. The van der Waals surface area contributed by atoms with Gasteiger partial charge in [-0.1, -0.05) is 0 Å². The molecule has 0 atom stereocenters. The molecule has 5 heteroatoms. The number of carbonyl (C=O) groups excluding carboxylic acids is 1. The van der Waals surface area contributed by atoms with Gasteiger partial charge in [-0.05, 0) is 44.3 Å². The molecule has 0 unspecified atom stereocenters. The molecule has 0 amide bonds. The molecule has 0 N–H and O–H groups in total. The normalized spacial score (nSPS) is 10.7. The van der Waals surface area contributed by atoms with Gasteiger partial charge in [0.05, 0.1) is 7.11 Å². The Morgan fingerprint density at radius 1 is 1.32 bits per heavy atom. The van der Waals surface area contributed by atoms with Crippen molar-refractivity contribution < 1.29 is 13.9 Å². The molecule has 0 aliphatic heterocycles. The van der Waals surface area contributed by atoms with Gasteiger partial charge in [0.25, 0.3) is 0 Å². The number of benzene rings is 1. The third kappa shape index (κ3) is 7.18. The van der Waals surface area contributed by atoms with Gasteiger partial charge in [-0.25, -0.2) is 4.39 Å². The Hall–Kier alpha value is -1.07. The van der Waals surface area contributed by atoms with Crippen molar-refractivity contribution in [1.29, 1.82) is 0 Å². The number of halogens is 1. The average Bonchev–Trinajstić information content (AvgIpc) is 2.41. The van der Waals surface area contributed by atoms with Gasteiger partial charge in [-0.3, -0.25) is 4.79 Å². The number of hydrogen-bond donors (Lipinski definition) is 0. The van der Waals surface area contributed by atoms with E-state index in [9.17, 15) is 9.18 Å². The van der Waals surface area contributed by atoms with E-state index in [1.165, 1.54) is 19.2 Å². The van der Waals surface area contributed by atoms with Crippen LogP contribution in [0, 0.1) is 5.82 Å². The lowest BCUT2D eigenvalue weighted by molar-refractivity contribution is -0.140. The second kappa shape index (κ2) is 8.93. The lowest BCUT2D eigenvalue weighted by Gasteiger charge is -2.15. The van der Waals surface area contributed by atoms with Gasteiger partial charge in [0.2, 0.25) is 0 Å². The molecular weight excluding hydrogens is 265 g/mol. The van der Waals surface area contributed by atoms with E-state index in [1.807, 2.05) is 7.05 Å². The first-order valence-corrected chi connectivity index (χ1v) is 7.24. The fourth-order valence-corrected chi connectivity index (χ4v) is 2.52. The van der Waals surface area contributed by atoms with Gasteiger partial charge in [0.1, 0.15) is 5.82 Å². The Bertz CT molecular complexity index is 384. The minimum absolute atomic E-state index is 0.158. The van der Waals surface area contributed by atoms with Crippen LogP contribution in [0.4, 0.5) is 4.39 Å². The Labute approximate surface area is 118 Å². The zero-order valence-electron chi connectivity index (χ0n) is 11.4. The summed E-state index contributed by atoms with van der Waals surface area (Å²) >= 11 is 1.70. The Morgan fingerprint density at radius 2 is 2.00 bits per heavy atom. The molecule has 0 aliphatic carbocycles. The summed E-state index contributed by atoms with van der Waals surface area (Å²) in [5.41, 5.74) is 0. The van der Waals surface area contributed by atoms with Crippen LogP contribution in [0.5, 0.6) is 0 Å². The van der Waals surface area contributed by atoms with E-state index in [4.69, 9.17) is 0 Å². The fourth-order valence-electron chi connectivity index (χ4n) is 1.56. The molecule has 19 heavy (non-hydrogen) atoms. The van der Waals surface area contributed by atoms with Crippen LogP contribution >= 0.6 is 11.8 Å². The summed E-state index contributed by atoms with van der Waals surface area (Å²) in [6.07, 6.45) is 1.27. The van der Waals surface area contributed by atoms with Crippen molar-refractivity contribution in [2.75, 3.05) is 33.0 Å². The smallest absolute Gasteiger partial charge is 0.305 e. The molecule has 0 heterocycles. The van der Waals surface area contributed by atoms with Crippen molar-refractivity contribution in [3.63, 3.8) is 0 Å². The first-order chi connectivity index (χ1) is 9.11. The molecule has 3 nitrogen and oxygen atoms in total.